The Bertz CT molecular complexity index is 601. The SMILES string of the molecule is CN.CN(c1cccc(F)c1)c1ccc2c(c1)OCCC2. The van der Waals surface area contributed by atoms with Gasteiger partial charge < -0.3 is 15.4 Å². The van der Waals surface area contributed by atoms with E-state index in [4.69, 9.17) is 4.74 Å². The van der Waals surface area contributed by atoms with Crippen molar-refractivity contribution >= 4 is 11.4 Å². The number of ether oxygens (including phenoxy) is 1. The second kappa shape index (κ2) is 7.09. The van der Waals surface area contributed by atoms with Crippen LogP contribution in [0.1, 0.15) is 12.0 Å². The largest absolute Gasteiger partial charge is 0.493 e. The first-order valence-electron chi connectivity index (χ1n) is 7.07. The van der Waals surface area contributed by atoms with Crippen molar-refractivity contribution in [2.75, 3.05) is 25.6 Å². The molecule has 2 N–H and O–H groups in total. The van der Waals surface area contributed by atoms with E-state index in [9.17, 15) is 4.39 Å². The molecule has 0 radical (unpaired) electrons. The zero-order valence-electron chi connectivity index (χ0n) is 12.5. The van der Waals surface area contributed by atoms with Gasteiger partial charge >= 0.3 is 0 Å². The average Bonchev–Trinajstić information content (AvgIpc) is 2.55. The lowest BCUT2D eigenvalue weighted by Gasteiger charge is -2.23. The van der Waals surface area contributed by atoms with Gasteiger partial charge in [-0.2, -0.15) is 0 Å². The van der Waals surface area contributed by atoms with Gasteiger partial charge in [0.05, 0.1) is 6.61 Å². The van der Waals surface area contributed by atoms with Gasteiger partial charge in [-0.1, -0.05) is 12.1 Å². The first-order valence-corrected chi connectivity index (χ1v) is 7.07. The molecule has 112 valence electrons. The first-order chi connectivity index (χ1) is 10.2. The van der Waals surface area contributed by atoms with Crippen LogP contribution in [0.2, 0.25) is 0 Å². The molecule has 2 aromatic carbocycles. The highest BCUT2D eigenvalue weighted by molar-refractivity contribution is 5.65. The molecular formula is C17H21FN2O. The third kappa shape index (κ3) is 3.52. The molecule has 4 heteroatoms. The normalized spacial score (nSPS) is 12.6. The number of benzene rings is 2. The second-order valence-corrected chi connectivity index (χ2v) is 4.78. The van der Waals surface area contributed by atoms with Crippen molar-refractivity contribution in [3.8, 4) is 5.75 Å². The number of rotatable bonds is 2. The zero-order valence-corrected chi connectivity index (χ0v) is 12.5. The van der Waals surface area contributed by atoms with E-state index in [1.54, 1.807) is 6.07 Å². The third-order valence-corrected chi connectivity index (χ3v) is 3.48. The molecule has 3 nitrogen and oxygen atoms in total. The van der Waals surface area contributed by atoms with E-state index in [0.29, 0.717) is 0 Å². The van der Waals surface area contributed by atoms with Crippen LogP contribution in [0, 0.1) is 5.82 Å². The van der Waals surface area contributed by atoms with Gasteiger partial charge in [0, 0.05) is 24.5 Å². The van der Waals surface area contributed by atoms with Crippen LogP contribution in [0.15, 0.2) is 42.5 Å². The molecule has 0 amide bonds. The van der Waals surface area contributed by atoms with Gasteiger partial charge in [0.25, 0.3) is 0 Å². The van der Waals surface area contributed by atoms with Crippen LogP contribution in [-0.2, 0) is 6.42 Å². The smallest absolute Gasteiger partial charge is 0.125 e. The summed E-state index contributed by atoms with van der Waals surface area (Å²) >= 11 is 0. The third-order valence-electron chi connectivity index (χ3n) is 3.48. The zero-order chi connectivity index (χ0) is 15.2. The van der Waals surface area contributed by atoms with Gasteiger partial charge in [0.2, 0.25) is 0 Å². The predicted molar refractivity (Wildman–Crippen MR) is 84.8 cm³/mol. The molecule has 1 heterocycles. The second-order valence-electron chi connectivity index (χ2n) is 4.78. The highest BCUT2D eigenvalue weighted by atomic mass is 19.1. The van der Waals surface area contributed by atoms with Crippen molar-refractivity contribution in [1.82, 2.24) is 0 Å². The van der Waals surface area contributed by atoms with E-state index < -0.39 is 0 Å². The van der Waals surface area contributed by atoms with E-state index >= 15 is 0 Å². The Kier molecular flexibility index (Phi) is 5.17. The van der Waals surface area contributed by atoms with Crippen LogP contribution in [0.25, 0.3) is 0 Å². The lowest BCUT2D eigenvalue weighted by Crippen LogP contribution is -2.12. The molecule has 0 saturated heterocycles. The van der Waals surface area contributed by atoms with E-state index in [1.807, 2.05) is 24.1 Å². The van der Waals surface area contributed by atoms with Gasteiger partial charge in [-0.15, -0.1) is 0 Å². The molecule has 0 aliphatic carbocycles. The Morgan fingerprint density at radius 3 is 2.62 bits per heavy atom. The number of nitrogens with two attached hydrogens (primary N) is 1. The van der Waals surface area contributed by atoms with Gasteiger partial charge in [0.1, 0.15) is 11.6 Å². The number of hydrogen-bond donors (Lipinski definition) is 1. The minimum Gasteiger partial charge on any atom is -0.493 e. The molecule has 0 aromatic heterocycles. The number of anilines is 2. The Hall–Kier alpha value is -2.07. The van der Waals surface area contributed by atoms with E-state index in [1.165, 1.54) is 24.7 Å². The molecule has 0 saturated carbocycles. The molecule has 3 rings (SSSR count). The maximum absolute atomic E-state index is 13.3. The monoisotopic (exact) mass is 288 g/mol. The van der Waals surface area contributed by atoms with Gasteiger partial charge in [-0.25, -0.2) is 4.39 Å². The molecular weight excluding hydrogens is 267 g/mol. The van der Waals surface area contributed by atoms with Gasteiger partial charge in [0.15, 0.2) is 0 Å². The van der Waals surface area contributed by atoms with Crippen molar-refractivity contribution in [3.63, 3.8) is 0 Å². The van der Waals surface area contributed by atoms with Crippen molar-refractivity contribution < 1.29 is 9.13 Å². The number of nitrogens with zero attached hydrogens (tertiary/aromatic N) is 1. The Balaban J connectivity index is 0.000000774. The van der Waals surface area contributed by atoms with Crippen LogP contribution in [0.4, 0.5) is 15.8 Å². The lowest BCUT2D eigenvalue weighted by atomic mass is 10.1. The van der Waals surface area contributed by atoms with Crippen LogP contribution in [0.3, 0.4) is 0 Å². The van der Waals surface area contributed by atoms with Crippen LogP contribution < -0.4 is 15.4 Å². The minimum atomic E-state index is -0.224. The van der Waals surface area contributed by atoms with E-state index in [0.717, 1.165) is 36.6 Å². The average molecular weight is 288 g/mol. The Morgan fingerprint density at radius 1 is 1.10 bits per heavy atom. The predicted octanol–water partition coefficient (Wildman–Crippen LogP) is 3.49. The molecule has 21 heavy (non-hydrogen) atoms. The standard InChI is InChI=1S/C16H16FNO.CH5N/c1-18(14-6-2-5-13(17)10-14)15-8-7-12-4-3-9-19-16(12)11-15;1-2/h2,5-8,10-11H,3-4,9H2,1H3;2H2,1H3. The fourth-order valence-corrected chi connectivity index (χ4v) is 2.37. The maximum atomic E-state index is 13.3. The van der Waals surface area contributed by atoms with Gasteiger partial charge in [-0.3, -0.25) is 0 Å². The quantitative estimate of drug-likeness (QED) is 0.919. The summed E-state index contributed by atoms with van der Waals surface area (Å²) in [7, 11) is 3.43. The highest BCUT2D eigenvalue weighted by Crippen LogP contribution is 2.32. The minimum absolute atomic E-state index is 0.224. The molecule has 1 aliphatic rings. The van der Waals surface area contributed by atoms with Crippen molar-refractivity contribution in [1.29, 1.82) is 0 Å². The first kappa shape index (κ1) is 15.3. The topological polar surface area (TPSA) is 38.5 Å². The van der Waals surface area contributed by atoms with Crippen molar-refractivity contribution in [2.24, 2.45) is 5.73 Å². The molecule has 1 aliphatic heterocycles. The summed E-state index contributed by atoms with van der Waals surface area (Å²) in [5, 5.41) is 0. The maximum Gasteiger partial charge on any atom is 0.125 e. The fraction of sp³-hybridized carbons (Fsp3) is 0.294. The van der Waals surface area contributed by atoms with Gasteiger partial charge in [-0.05, 0) is 49.7 Å². The van der Waals surface area contributed by atoms with Crippen molar-refractivity contribution in [2.45, 2.75) is 12.8 Å². The molecule has 0 atom stereocenters. The number of aryl methyl sites for hydroxylation is 1. The fourth-order valence-electron chi connectivity index (χ4n) is 2.37. The van der Waals surface area contributed by atoms with E-state index in [2.05, 4.69) is 17.9 Å². The molecule has 0 fully saturated rings. The van der Waals surface area contributed by atoms with Crippen LogP contribution >= 0.6 is 0 Å². The Labute approximate surface area is 125 Å². The van der Waals surface area contributed by atoms with Crippen LogP contribution in [-0.4, -0.2) is 20.7 Å². The molecule has 0 spiro atoms. The summed E-state index contributed by atoms with van der Waals surface area (Å²) in [5.74, 6) is 0.727. The molecule has 0 unspecified atom stereocenters. The summed E-state index contributed by atoms with van der Waals surface area (Å²) < 4.78 is 18.9. The number of halogens is 1. The molecule has 2 aromatic rings. The summed E-state index contributed by atoms with van der Waals surface area (Å²) in [4.78, 5) is 1.96. The van der Waals surface area contributed by atoms with Crippen LogP contribution in [0.5, 0.6) is 5.75 Å². The summed E-state index contributed by atoms with van der Waals surface area (Å²) in [6.07, 6.45) is 2.14. The molecule has 0 bridgehead atoms. The number of hydrogen-bond acceptors (Lipinski definition) is 3. The summed E-state index contributed by atoms with van der Waals surface area (Å²) in [5.41, 5.74) is 7.59. The number of fused-ring (bicyclic) bond motifs is 1. The van der Waals surface area contributed by atoms with Crippen molar-refractivity contribution in [3.05, 3.63) is 53.8 Å². The van der Waals surface area contributed by atoms with E-state index in [-0.39, 0.29) is 5.82 Å². The Morgan fingerprint density at radius 2 is 1.86 bits per heavy atom. The lowest BCUT2D eigenvalue weighted by molar-refractivity contribution is 0.288. The summed E-state index contributed by atoms with van der Waals surface area (Å²) in [6.45, 7) is 0.778. The highest BCUT2D eigenvalue weighted by Gasteiger charge is 2.13. The summed E-state index contributed by atoms with van der Waals surface area (Å²) in [6, 6.07) is 12.8.